The van der Waals surface area contributed by atoms with Crippen molar-refractivity contribution in [1.82, 2.24) is 4.90 Å². The summed E-state index contributed by atoms with van der Waals surface area (Å²) in [6, 6.07) is 1.57. The summed E-state index contributed by atoms with van der Waals surface area (Å²) in [4.78, 5) is 43.1. The molecule has 2 aliphatic rings. The van der Waals surface area contributed by atoms with E-state index < -0.39 is 24.0 Å². The van der Waals surface area contributed by atoms with Crippen LogP contribution in [0.15, 0.2) is 42.1 Å². The molecule has 1 saturated heterocycles. The lowest BCUT2D eigenvalue weighted by molar-refractivity contribution is -0.145. The number of likely N-dealkylation sites (tertiary alicyclic amines) is 1. The second-order valence-electron chi connectivity index (χ2n) is 7.80. The fourth-order valence-corrected chi connectivity index (χ4v) is 5.23. The zero-order valence-corrected chi connectivity index (χ0v) is 19.7. The molecule has 9 nitrogen and oxygen atoms in total. The highest BCUT2D eigenvalue weighted by Gasteiger charge is 2.37. The molecule has 2 atom stereocenters. The number of nitrogens with one attached hydrogen (secondary N) is 1. The first-order valence-corrected chi connectivity index (χ1v) is 11.6. The van der Waals surface area contributed by atoms with Crippen LogP contribution in [0.2, 0.25) is 0 Å². The fourth-order valence-electron chi connectivity index (χ4n) is 3.97. The minimum Gasteiger partial charge on any atom is -0.467 e. The molecular weight excluding hydrogens is 456 g/mol. The van der Waals surface area contributed by atoms with Crippen LogP contribution in [-0.4, -0.2) is 54.9 Å². The Bertz CT molecular complexity index is 1100. The number of methoxy groups -OCH3 is 1. The maximum Gasteiger partial charge on any atom is 0.410 e. The van der Waals surface area contributed by atoms with Crippen LogP contribution < -0.4 is 5.32 Å². The number of ether oxygens (including phenoxy) is 2. The van der Waals surface area contributed by atoms with Crippen molar-refractivity contribution in [3.8, 4) is 6.07 Å². The van der Waals surface area contributed by atoms with Gasteiger partial charge in [-0.2, -0.15) is 5.26 Å². The molecule has 1 N–H and O–H groups in total. The van der Waals surface area contributed by atoms with E-state index in [0.717, 1.165) is 10.4 Å². The van der Waals surface area contributed by atoms with Crippen molar-refractivity contribution in [3.63, 3.8) is 0 Å². The van der Waals surface area contributed by atoms with Crippen molar-refractivity contribution >= 4 is 40.5 Å². The molecule has 0 spiro atoms. The predicted octanol–water partition coefficient (Wildman–Crippen LogP) is 3.52. The van der Waals surface area contributed by atoms with Crippen molar-refractivity contribution in [2.45, 2.75) is 44.2 Å². The number of allylic oxidation sites excluding steroid dienone is 2. The molecule has 1 aliphatic heterocycles. The highest BCUT2D eigenvalue weighted by Crippen LogP contribution is 2.38. The summed E-state index contributed by atoms with van der Waals surface area (Å²) in [6.07, 6.45) is 7.57. The largest absolute Gasteiger partial charge is 0.467 e. The Labute approximate surface area is 202 Å². The van der Waals surface area contributed by atoms with Gasteiger partial charge in [0.1, 0.15) is 23.2 Å². The summed E-state index contributed by atoms with van der Waals surface area (Å²) in [5.74, 6) is -0.836. The lowest BCUT2D eigenvalue weighted by Crippen LogP contribution is -2.43. The molecule has 178 valence electrons. The summed E-state index contributed by atoms with van der Waals surface area (Å²) in [6.45, 7) is 7.67. The summed E-state index contributed by atoms with van der Waals surface area (Å²) >= 11 is 1.31. The molecule has 1 aliphatic carbocycles. The van der Waals surface area contributed by atoms with Crippen LogP contribution in [-0.2, 0) is 31.9 Å². The van der Waals surface area contributed by atoms with E-state index >= 15 is 0 Å². The first-order valence-electron chi connectivity index (χ1n) is 10.8. The topological polar surface area (TPSA) is 121 Å². The third-order valence-corrected chi connectivity index (χ3v) is 6.76. The quantitative estimate of drug-likeness (QED) is 0.275. The first-order chi connectivity index (χ1) is 16.4. The summed E-state index contributed by atoms with van der Waals surface area (Å²) in [5, 5.41) is 12.9. The van der Waals surface area contributed by atoms with Crippen LogP contribution >= 0.6 is 11.3 Å². The number of nitrogens with zero attached hydrogens (tertiary/aromatic N) is 3. The average molecular weight is 483 g/mol. The number of fused-ring (bicyclic) bond motifs is 1. The zero-order valence-electron chi connectivity index (χ0n) is 18.9. The van der Waals surface area contributed by atoms with Crippen LogP contribution in [0, 0.1) is 11.3 Å². The molecule has 3 rings (SSSR count). The third-order valence-electron chi connectivity index (χ3n) is 5.59. The first kappa shape index (κ1) is 24.9. The Kier molecular flexibility index (Phi) is 8.38. The van der Waals surface area contributed by atoms with E-state index in [9.17, 15) is 19.6 Å². The van der Waals surface area contributed by atoms with Crippen molar-refractivity contribution in [2.75, 3.05) is 19.0 Å². The van der Waals surface area contributed by atoms with Crippen molar-refractivity contribution < 1.29 is 23.9 Å². The molecule has 0 aromatic carbocycles. The van der Waals surface area contributed by atoms with E-state index in [1.165, 1.54) is 47.9 Å². The zero-order chi connectivity index (χ0) is 24.7. The SMILES string of the molecule is C=CN=CC(=C)/C=C/C(=O)Nc1sc2c(c1C#N)CCC(OC(=O)N1CCC[C@H]1C(=O)OC)C2. The molecule has 0 saturated carbocycles. The number of rotatable bonds is 7. The smallest absolute Gasteiger partial charge is 0.410 e. The Morgan fingerprint density at radius 1 is 1.32 bits per heavy atom. The third kappa shape index (κ3) is 5.80. The predicted molar refractivity (Wildman–Crippen MR) is 129 cm³/mol. The van der Waals surface area contributed by atoms with Gasteiger partial charge in [0.2, 0.25) is 5.91 Å². The van der Waals surface area contributed by atoms with Gasteiger partial charge in [0.25, 0.3) is 0 Å². The van der Waals surface area contributed by atoms with Gasteiger partial charge in [-0.3, -0.25) is 14.7 Å². The van der Waals surface area contributed by atoms with Crippen molar-refractivity contribution in [2.24, 2.45) is 4.99 Å². The molecule has 34 heavy (non-hydrogen) atoms. The Morgan fingerprint density at radius 3 is 2.82 bits per heavy atom. The van der Waals surface area contributed by atoms with Crippen LogP contribution in [0.4, 0.5) is 9.80 Å². The number of esters is 1. The summed E-state index contributed by atoms with van der Waals surface area (Å²) in [7, 11) is 1.30. The molecule has 0 bridgehead atoms. The minimum absolute atomic E-state index is 0.375. The molecule has 1 aromatic rings. The van der Waals surface area contributed by atoms with Gasteiger partial charge in [0.05, 0.1) is 12.7 Å². The second-order valence-corrected chi connectivity index (χ2v) is 8.91. The van der Waals surface area contributed by atoms with Crippen LogP contribution in [0.1, 0.15) is 35.3 Å². The van der Waals surface area contributed by atoms with E-state index in [4.69, 9.17) is 9.47 Å². The maximum atomic E-state index is 12.7. The van der Waals surface area contributed by atoms with Crippen LogP contribution in [0.5, 0.6) is 0 Å². The minimum atomic E-state index is -0.613. The van der Waals surface area contributed by atoms with E-state index in [1.807, 2.05) is 0 Å². The van der Waals surface area contributed by atoms with Gasteiger partial charge in [-0.1, -0.05) is 13.2 Å². The van der Waals surface area contributed by atoms with E-state index in [2.05, 4.69) is 29.5 Å². The molecular formula is C24H26N4O5S. The van der Waals surface area contributed by atoms with Gasteiger partial charge in [-0.05, 0) is 42.9 Å². The standard InChI is InChI=1S/C24H26N4O5S/c1-4-26-14-15(2)7-10-21(29)27-22-18(13-25)17-9-8-16(12-20(17)34-22)33-24(31)28-11-5-6-19(28)23(30)32-3/h4,7,10,14,16,19H,1-2,5-6,8-9,11-12H2,3H3,(H,27,29)/b10-7+,26-14?/t16?,19-/m0/s1. The van der Waals surface area contributed by atoms with E-state index in [1.54, 1.807) is 0 Å². The number of carbonyl (C=O) groups is 3. The normalized spacial score (nSPS) is 19.5. The number of hydrogen-bond donors (Lipinski definition) is 1. The van der Waals surface area contributed by atoms with Gasteiger partial charge in [-0.25, -0.2) is 9.59 Å². The number of aliphatic imine (C=N–C) groups is 1. The van der Waals surface area contributed by atoms with E-state index in [-0.39, 0.29) is 6.10 Å². The van der Waals surface area contributed by atoms with Gasteiger partial charge < -0.3 is 14.8 Å². The van der Waals surface area contributed by atoms with Gasteiger partial charge >= 0.3 is 12.1 Å². The second kappa shape index (κ2) is 11.4. The summed E-state index contributed by atoms with van der Waals surface area (Å²) in [5.41, 5.74) is 1.83. The molecule has 1 fully saturated rings. The number of thiophene rings is 1. The number of hydrogen-bond acceptors (Lipinski definition) is 8. The lowest BCUT2D eigenvalue weighted by Gasteiger charge is -2.27. The Morgan fingerprint density at radius 2 is 2.12 bits per heavy atom. The molecule has 0 radical (unpaired) electrons. The number of amides is 2. The van der Waals surface area contributed by atoms with Gasteiger partial charge in [0, 0.05) is 36.3 Å². The van der Waals surface area contributed by atoms with Crippen molar-refractivity contribution in [3.05, 3.63) is 53.1 Å². The van der Waals surface area contributed by atoms with Crippen LogP contribution in [0.25, 0.3) is 0 Å². The number of nitriles is 1. The van der Waals surface area contributed by atoms with Gasteiger partial charge in [-0.15, -0.1) is 11.3 Å². The highest BCUT2D eigenvalue weighted by atomic mass is 32.1. The highest BCUT2D eigenvalue weighted by molar-refractivity contribution is 7.16. The van der Waals surface area contributed by atoms with Gasteiger partial charge in [0.15, 0.2) is 0 Å². The van der Waals surface area contributed by atoms with Crippen molar-refractivity contribution in [1.29, 1.82) is 5.26 Å². The number of anilines is 1. The lowest BCUT2D eigenvalue weighted by atomic mass is 9.94. The molecule has 10 heteroatoms. The fraction of sp³-hybridized carbons (Fsp3) is 0.375. The summed E-state index contributed by atoms with van der Waals surface area (Å²) < 4.78 is 10.5. The molecule has 2 amide bonds. The van der Waals surface area contributed by atoms with E-state index in [0.29, 0.717) is 54.8 Å². The Balaban J connectivity index is 1.65. The molecule has 1 aromatic heterocycles. The number of carbonyl (C=O) groups excluding carboxylic acids is 3. The average Bonchev–Trinajstić information content (AvgIpc) is 3.45. The molecule has 2 heterocycles. The molecule has 1 unspecified atom stereocenters. The van der Waals surface area contributed by atoms with Crippen LogP contribution in [0.3, 0.4) is 0 Å². The maximum absolute atomic E-state index is 12.7. The monoisotopic (exact) mass is 482 g/mol. The Hall–Kier alpha value is -3.71.